The molecule has 0 bridgehead atoms. The van der Waals surface area contributed by atoms with E-state index in [1.54, 1.807) is 4.68 Å². The summed E-state index contributed by atoms with van der Waals surface area (Å²) >= 11 is 0. The second-order valence-corrected chi connectivity index (χ2v) is 4.10. The lowest BCUT2D eigenvalue weighted by Crippen LogP contribution is -2.33. The largest absolute Gasteiger partial charge is 0.350 e. The lowest BCUT2D eigenvalue weighted by atomic mass is 10.2. The van der Waals surface area contributed by atoms with E-state index in [0.717, 1.165) is 17.8 Å². The third kappa shape index (κ3) is 2.15. The van der Waals surface area contributed by atoms with Gasteiger partial charge >= 0.3 is 0 Å². The first-order chi connectivity index (χ1) is 7.52. The molecule has 0 aromatic carbocycles. The molecule has 0 radical (unpaired) electrons. The molecule has 0 saturated carbocycles. The van der Waals surface area contributed by atoms with E-state index in [4.69, 9.17) is 0 Å². The summed E-state index contributed by atoms with van der Waals surface area (Å²) in [5, 5.41) is 4.28. The highest BCUT2D eigenvalue weighted by atomic mass is 16.1. The Balaban J connectivity index is 3.27. The van der Waals surface area contributed by atoms with Crippen LogP contribution in [0.25, 0.3) is 0 Å². The molecule has 16 heavy (non-hydrogen) atoms. The average Bonchev–Trinajstić information content (AvgIpc) is 2.49. The van der Waals surface area contributed by atoms with Gasteiger partial charge in [0.2, 0.25) is 0 Å². The first-order valence-electron chi connectivity index (χ1n) is 5.39. The summed E-state index contributed by atoms with van der Waals surface area (Å²) in [6.45, 7) is 10.5. The summed E-state index contributed by atoms with van der Waals surface area (Å²) in [5.74, 6) is 0.863. The molecule has 4 nitrogen and oxygen atoms in total. The molecule has 0 aliphatic carbocycles. The maximum Gasteiger partial charge on any atom is 0.155 e. The Hall–Kier alpha value is -1.58. The van der Waals surface area contributed by atoms with Gasteiger partial charge in [0, 0.05) is 19.6 Å². The van der Waals surface area contributed by atoms with Gasteiger partial charge in [-0.25, -0.2) is 0 Å². The van der Waals surface area contributed by atoms with Crippen LogP contribution in [0.5, 0.6) is 0 Å². The molecular weight excluding hydrogens is 202 g/mol. The van der Waals surface area contributed by atoms with Crippen LogP contribution >= 0.6 is 0 Å². The molecule has 0 N–H and O–H groups in total. The SMILES string of the molecule is C=CCN(c1c(C=O)c(C)nn1C)C(C)C. The van der Waals surface area contributed by atoms with Crippen LogP contribution < -0.4 is 4.90 Å². The van der Waals surface area contributed by atoms with E-state index in [9.17, 15) is 4.79 Å². The van der Waals surface area contributed by atoms with Crippen LogP contribution in [0.3, 0.4) is 0 Å². The fourth-order valence-electron chi connectivity index (χ4n) is 1.82. The van der Waals surface area contributed by atoms with Gasteiger partial charge in [-0.2, -0.15) is 5.10 Å². The van der Waals surface area contributed by atoms with Crippen molar-refractivity contribution < 1.29 is 4.79 Å². The number of aromatic nitrogens is 2. The number of carbonyl (C=O) groups excluding carboxylic acids is 1. The van der Waals surface area contributed by atoms with Gasteiger partial charge in [-0.15, -0.1) is 6.58 Å². The molecule has 0 atom stereocenters. The van der Waals surface area contributed by atoms with Crippen LogP contribution in [0, 0.1) is 6.92 Å². The summed E-state index contributed by atoms with van der Waals surface area (Å²) in [7, 11) is 1.85. The smallest absolute Gasteiger partial charge is 0.155 e. The number of aldehydes is 1. The van der Waals surface area contributed by atoms with Crippen molar-refractivity contribution >= 4 is 12.1 Å². The van der Waals surface area contributed by atoms with Crippen LogP contribution in [-0.2, 0) is 7.05 Å². The molecule has 1 aromatic rings. The van der Waals surface area contributed by atoms with E-state index >= 15 is 0 Å². The van der Waals surface area contributed by atoms with E-state index in [-0.39, 0.29) is 0 Å². The van der Waals surface area contributed by atoms with Gasteiger partial charge in [0.05, 0.1) is 11.3 Å². The summed E-state index contributed by atoms with van der Waals surface area (Å²) in [4.78, 5) is 13.2. The lowest BCUT2D eigenvalue weighted by Gasteiger charge is -2.27. The van der Waals surface area contributed by atoms with E-state index < -0.39 is 0 Å². The van der Waals surface area contributed by atoms with E-state index in [1.807, 2.05) is 20.0 Å². The van der Waals surface area contributed by atoms with Crippen molar-refractivity contribution in [2.45, 2.75) is 26.8 Å². The van der Waals surface area contributed by atoms with Crippen LogP contribution in [-0.4, -0.2) is 28.7 Å². The molecule has 0 fully saturated rings. The van der Waals surface area contributed by atoms with Gasteiger partial charge < -0.3 is 4.90 Å². The maximum atomic E-state index is 11.1. The highest BCUT2D eigenvalue weighted by Gasteiger charge is 2.19. The molecule has 1 aromatic heterocycles. The quantitative estimate of drug-likeness (QED) is 0.563. The highest BCUT2D eigenvalue weighted by molar-refractivity contribution is 5.85. The summed E-state index contributed by atoms with van der Waals surface area (Å²) in [6, 6.07) is 0.298. The molecular formula is C12H19N3O. The van der Waals surface area contributed by atoms with Crippen molar-refractivity contribution in [3.8, 4) is 0 Å². The number of carbonyl (C=O) groups is 1. The molecule has 88 valence electrons. The van der Waals surface area contributed by atoms with Crippen LogP contribution in [0.4, 0.5) is 5.82 Å². The van der Waals surface area contributed by atoms with E-state index in [1.165, 1.54) is 0 Å². The van der Waals surface area contributed by atoms with Crippen LogP contribution in [0.2, 0.25) is 0 Å². The minimum atomic E-state index is 0.298. The summed E-state index contributed by atoms with van der Waals surface area (Å²) < 4.78 is 1.75. The first kappa shape index (κ1) is 12.5. The average molecular weight is 221 g/mol. The van der Waals surface area contributed by atoms with Crippen LogP contribution in [0.1, 0.15) is 29.9 Å². The number of nitrogens with zero attached hydrogens (tertiary/aromatic N) is 3. The first-order valence-corrected chi connectivity index (χ1v) is 5.39. The normalized spacial score (nSPS) is 10.6. The zero-order valence-electron chi connectivity index (χ0n) is 10.4. The van der Waals surface area contributed by atoms with E-state index in [0.29, 0.717) is 18.2 Å². The van der Waals surface area contributed by atoms with Crippen molar-refractivity contribution in [1.29, 1.82) is 0 Å². The minimum absolute atomic E-state index is 0.298. The number of hydrogen-bond donors (Lipinski definition) is 0. The molecule has 0 spiro atoms. The van der Waals surface area contributed by atoms with Crippen LogP contribution in [0.15, 0.2) is 12.7 Å². The zero-order valence-corrected chi connectivity index (χ0v) is 10.4. The fourth-order valence-corrected chi connectivity index (χ4v) is 1.82. The predicted octanol–water partition coefficient (Wildman–Crippen LogP) is 1.94. The van der Waals surface area contributed by atoms with Gasteiger partial charge in [-0.3, -0.25) is 9.48 Å². The number of hydrogen-bond acceptors (Lipinski definition) is 3. The van der Waals surface area contributed by atoms with Crippen molar-refractivity contribution in [3.63, 3.8) is 0 Å². The molecule has 0 aliphatic rings. The third-order valence-electron chi connectivity index (χ3n) is 2.58. The molecule has 0 aliphatic heterocycles. The maximum absolute atomic E-state index is 11.1. The summed E-state index contributed by atoms with van der Waals surface area (Å²) in [6.07, 6.45) is 2.70. The second-order valence-electron chi connectivity index (χ2n) is 4.10. The van der Waals surface area contributed by atoms with Crippen molar-refractivity contribution in [2.75, 3.05) is 11.4 Å². The fraction of sp³-hybridized carbons (Fsp3) is 0.500. The van der Waals surface area contributed by atoms with E-state index in [2.05, 4.69) is 30.4 Å². The number of aryl methyl sites for hydroxylation is 2. The molecule has 0 unspecified atom stereocenters. The molecule has 0 amide bonds. The Bertz CT molecular complexity index is 393. The molecule has 1 rings (SSSR count). The monoisotopic (exact) mass is 221 g/mol. The van der Waals surface area contributed by atoms with Gasteiger partial charge in [0.15, 0.2) is 6.29 Å². The zero-order chi connectivity index (χ0) is 12.3. The second kappa shape index (κ2) is 4.96. The predicted molar refractivity (Wildman–Crippen MR) is 66.0 cm³/mol. The molecule has 4 heteroatoms. The molecule has 0 saturated heterocycles. The summed E-state index contributed by atoms with van der Waals surface area (Å²) in [5.41, 5.74) is 1.43. The minimum Gasteiger partial charge on any atom is -0.350 e. The van der Waals surface area contributed by atoms with Gasteiger partial charge in [0.25, 0.3) is 0 Å². The molecule has 1 heterocycles. The number of anilines is 1. The topological polar surface area (TPSA) is 38.1 Å². The van der Waals surface area contributed by atoms with Gasteiger partial charge in [-0.1, -0.05) is 6.08 Å². The Morgan fingerprint density at radius 1 is 1.56 bits per heavy atom. The van der Waals surface area contributed by atoms with Crippen molar-refractivity contribution in [2.24, 2.45) is 7.05 Å². The van der Waals surface area contributed by atoms with Gasteiger partial charge in [-0.05, 0) is 20.8 Å². The highest BCUT2D eigenvalue weighted by Crippen LogP contribution is 2.23. The third-order valence-corrected chi connectivity index (χ3v) is 2.58. The standard InChI is InChI=1S/C12H19N3O/c1-6-7-15(9(2)3)12-11(8-16)10(4)13-14(12)5/h6,8-9H,1,7H2,2-5H3. The number of rotatable bonds is 5. The Morgan fingerprint density at radius 2 is 2.19 bits per heavy atom. The Morgan fingerprint density at radius 3 is 2.62 bits per heavy atom. The van der Waals surface area contributed by atoms with Gasteiger partial charge in [0.1, 0.15) is 5.82 Å². The Kier molecular flexibility index (Phi) is 3.88. The lowest BCUT2D eigenvalue weighted by molar-refractivity contribution is 0.112. The van der Waals surface area contributed by atoms with Crippen molar-refractivity contribution in [1.82, 2.24) is 9.78 Å². The Labute approximate surface area is 96.6 Å². The van der Waals surface area contributed by atoms with Crippen molar-refractivity contribution in [3.05, 3.63) is 23.9 Å².